The van der Waals surface area contributed by atoms with E-state index in [2.05, 4.69) is 14.8 Å². The molecule has 1 N–H and O–H groups in total. The maximum atomic E-state index is 12.2. The summed E-state index contributed by atoms with van der Waals surface area (Å²) in [5.41, 5.74) is 1.96. The second-order valence-corrected chi connectivity index (χ2v) is 8.67. The minimum atomic E-state index is -1.13. The highest BCUT2D eigenvalue weighted by Gasteiger charge is 2.22. The number of hydrogen-bond donors (Lipinski definition) is 1. The highest BCUT2D eigenvalue weighted by molar-refractivity contribution is 7.84. The molecule has 0 fully saturated rings. The van der Waals surface area contributed by atoms with Crippen molar-refractivity contribution in [3.63, 3.8) is 0 Å². The second kappa shape index (κ2) is 6.48. The molecule has 120 valence electrons. The van der Waals surface area contributed by atoms with Gasteiger partial charge in [-0.05, 0) is 51.8 Å². The van der Waals surface area contributed by atoms with Crippen LogP contribution in [0.25, 0.3) is 5.82 Å². The summed E-state index contributed by atoms with van der Waals surface area (Å²) in [6, 6.07) is 1.97. The number of halogens is 1. The van der Waals surface area contributed by atoms with Gasteiger partial charge in [0, 0.05) is 12.2 Å². The lowest BCUT2D eigenvalue weighted by atomic mass is 10.1. The van der Waals surface area contributed by atoms with E-state index in [1.165, 1.54) is 0 Å². The lowest BCUT2D eigenvalue weighted by Crippen LogP contribution is -2.34. The Morgan fingerprint density at radius 2 is 2.05 bits per heavy atom. The van der Waals surface area contributed by atoms with Crippen LogP contribution in [0.5, 0.6) is 0 Å². The molecule has 2 heterocycles. The number of pyridine rings is 1. The first-order valence-electron chi connectivity index (χ1n) is 7.03. The third-order valence-corrected chi connectivity index (χ3v) is 5.06. The second-order valence-electron chi connectivity index (χ2n) is 6.23. The first-order chi connectivity index (χ1) is 10.2. The molecule has 0 aliphatic rings. The van der Waals surface area contributed by atoms with Gasteiger partial charge >= 0.3 is 0 Å². The molecule has 0 spiro atoms. The first kappa shape index (κ1) is 17.1. The Hall–Kier alpha value is -1.24. The number of nitrogens with zero attached hydrogens (tertiary/aromatic N) is 3. The monoisotopic (exact) mass is 340 g/mol. The molecular formula is C15H21ClN4OS. The standard InChI is InChI=1S/C15H21ClN4OS/c1-10-6-12(11(2)19-22(21)15(3,4)5)7-17-14(10)20-9-13(16)8-18-20/h6-9,11,19H,1-5H3. The van der Waals surface area contributed by atoms with Crippen molar-refractivity contribution >= 4 is 22.6 Å². The van der Waals surface area contributed by atoms with Crippen LogP contribution in [0.15, 0.2) is 24.7 Å². The Labute approximate surface area is 138 Å². The van der Waals surface area contributed by atoms with Crippen molar-refractivity contribution < 1.29 is 4.21 Å². The van der Waals surface area contributed by atoms with Crippen LogP contribution >= 0.6 is 11.6 Å². The Morgan fingerprint density at radius 3 is 2.55 bits per heavy atom. The van der Waals surface area contributed by atoms with Crippen molar-refractivity contribution in [3.05, 3.63) is 40.8 Å². The fraction of sp³-hybridized carbons (Fsp3) is 0.467. The van der Waals surface area contributed by atoms with Crippen molar-refractivity contribution in [2.45, 2.75) is 45.4 Å². The minimum absolute atomic E-state index is 0.0542. The van der Waals surface area contributed by atoms with E-state index in [1.54, 1.807) is 23.3 Å². The van der Waals surface area contributed by atoms with Crippen molar-refractivity contribution in [2.75, 3.05) is 0 Å². The van der Waals surface area contributed by atoms with E-state index in [-0.39, 0.29) is 10.8 Å². The Kier molecular flexibility index (Phi) is 5.04. The van der Waals surface area contributed by atoms with E-state index in [0.29, 0.717) is 5.02 Å². The van der Waals surface area contributed by atoms with Crippen molar-refractivity contribution in [2.24, 2.45) is 0 Å². The molecule has 7 heteroatoms. The van der Waals surface area contributed by atoms with Gasteiger partial charge in [-0.2, -0.15) is 5.10 Å². The van der Waals surface area contributed by atoms with Crippen LogP contribution in [0.4, 0.5) is 0 Å². The summed E-state index contributed by atoms with van der Waals surface area (Å²) >= 11 is 5.89. The summed E-state index contributed by atoms with van der Waals surface area (Å²) in [4.78, 5) is 4.46. The number of aryl methyl sites for hydroxylation is 1. The Balaban J connectivity index is 2.20. The summed E-state index contributed by atoms with van der Waals surface area (Å²) in [6.45, 7) is 9.77. The number of aromatic nitrogens is 3. The SMILES string of the molecule is Cc1cc(C(C)NS(=O)C(C)(C)C)cnc1-n1cc(Cl)cn1. The summed E-state index contributed by atoms with van der Waals surface area (Å²) in [5, 5.41) is 4.73. The Morgan fingerprint density at radius 1 is 1.36 bits per heavy atom. The minimum Gasteiger partial charge on any atom is -0.242 e. The topological polar surface area (TPSA) is 59.8 Å². The number of rotatable bonds is 4. The zero-order valence-corrected chi connectivity index (χ0v) is 15.0. The van der Waals surface area contributed by atoms with Crippen LogP contribution in [0.1, 0.15) is 44.9 Å². The van der Waals surface area contributed by atoms with Crippen LogP contribution in [0.3, 0.4) is 0 Å². The molecule has 0 amide bonds. The first-order valence-corrected chi connectivity index (χ1v) is 8.56. The molecule has 0 radical (unpaired) electrons. The van der Waals surface area contributed by atoms with Gasteiger partial charge in [-0.3, -0.25) is 0 Å². The molecule has 2 rings (SSSR count). The van der Waals surface area contributed by atoms with Gasteiger partial charge in [-0.15, -0.1) is 0 Å². The quantitative estimate of drug-likeness (QED) is 0.928. The summed E-state index contributed by atoms with van der Waals surface area (Å²) in [6.07, 6.45) is 5.07. The third kappa shape index (κ3) is 3.94. The lowest BCUT2D eigenvalue weighted by molar-refractivity contribution is 0.615. The average Bonchev–Trinajstić information content (AvgIpc) is 2.83. The zero-order valence-electron chi connectivity index (χ0n) is 13.4. The fourth-order valence-electron chi connectivity index (χ4n) is 1.89. The van der Waals surface area contributed by atoms with E-state index in [4.69, 9.17) is 11.6 Å². The lowest BCUT2D eigenvalue weighted by Gasteiger charge is -2.22. The van der Waals surface area contributed by atoms with E-state index in [1.807, 2.05) is 40.7 Å². The molecule has 2 aromatic heterocycles. The zero-order chi connectivity index (χ0) is 16.5. The van der Waals surface area contributed by atoms with Gasteiger partial charge in [0.05, 0.1) is 33.1 Å². The van der Waals surface area contributed by atoms with E-state index >= 15 is 0 Å². The highest BCUT2D eigenvalue weighted by atomic mass is 35.5. The number of hydrogen-bond acceptors (Lipinski definition) is 3. The number of nitrogens with one attached hydrogen (secondary N) is 1. The molecule has 0 bridgehead atoms. The Bertz CT molecular complexity index is 693. The molecule has 2 aromatic rings. The molecule has 2 atom stereocenters. The van der Waals surface area contributed by atoms with Gasteiger partial charge in [0.2, 0.25) is 0 Å². The largest absolute Gasteiger partial charge is 0.242 e. The van der Waals surface area contributed by atoms with E-state index in [0.717, 1.165) is 16.9 Å². The van der Waals surface area contributed by atoms with Gasteiger partial charge in [-0.1, -0.05) is 11.6 Å². The van der Waals surface area contributed by atoms with Crippen LogP contribution in [0, 0.1) is 6.92 Å². The maximum Gasteiger partial charge on any atom is 0.156 e. The normalized spacial score (nSPS) is 14.8. The van der Waals surface area contributed by atoms with Gasteiger partial charge in [-0.25, -0.2) is 18.6 Å². The summed E-state index contributed by atoms with van der Waals surface area (Å²) in [7, 11) is -1.13. The average molecular weight is 341 g/mol. The van der Waals surface area contributed by atoms with E-state index in [9.17, 15) is 4.21 Å². The highest BCUT2D eigenvalue weighted by Crippen LogP contribution is 2.20. The summed E-state index contributed by atoms with van der Waals surface area (Å²) in [5.74, 6) is 0.736. The molecule has 22 heavy (non-hydrogen) atoms. The maximum absolute atomic E-state index is 12.2. The predicted molar refractivity (Wildman–Crippen MR) is 90.6 cm³/mol. The molecule has 0 aromatic carbocycles. The summed E-state index contributed by atoms with van der Waals surface area (Å²) < 4.78 is 16.6. The third-order valence-electron chi connectivity index (χ3n) is 3.18. The smallest absolute Gasteiger partial charge is 0.156 e. The van der Waals surface area contributed by atoms with Gasteiger partial charge < -0.3 is 0 Å². The van der Waals surface area contributed by atoms with Gasteiger partial charge in [0.25, 0.3) is 0 Å². The van der Waals surface area contributed by atoms with Gasteiger partial charge in [0.15, 0.2) is 5.82 Å². The molecule has 0 aliphatic carbocycles. The molecular weight excluding hydrogens is 320 g/mol. The molecule has 2 unspecified atom stereocenters. The van der Waals surface area contributed by atoms with Crippen LogP contribution in [-0.4, -0.2) is 23.7 Å². The van der Waals surface area contributed by atoms with Crippen LogP contribution in [0.2, 0.25) is 5.02 Å². The van der Waals surface area contributed by atoms with Crippen molar-refractivity contribution in [1.82, 2.24) is 19.5 Å². The molecule has 0 saturated heterocycles. The van der Waals surface area contributed by atoms with Crippen LogP contribution < -0.4 is 4.72 Å². The van der Waals surface area contributed by atoms with Crippen molar-refractivity contribution in [3.8, 4) is 5.82 Å². The fourth-order valence-corrected chi connectivity index (χ4v) is 2.83. The molecule has 5 nitrogen and oxygen atoms in total. The predicted octanol–water partition coefficient (Wildman–Crippen LogP) is 3.34. The van der Waals surface area contributed by atoms with Gasteiger partial charge in [0.1, 0.15) is 0 Å². The van der Waals surface area contributed by atoms with Crippen molar-refractivity contribution in [1.29, 1.82) is 0 Å². The molecule has 0 aliphatic heterocycles. The van der Waals surface area contributed by atoms with E-state index < -0.39 is 11.0 Å². The van der Waals surface area contributed by atoms with Crippen LogP contribution in [-0.2, 0) is 11.0 Å². The molecule has 0 saturated carbocycles.